The average Bonchev–Trinajstić information content (AvgIpc) is 2.62. The number of nitrogens with zero attached hydrogens (tertiary/aromatic N) is 3. The van der Waals surface area contributed by atoms with Crippen molar-refractivity contribution in [2.75, 3.05) is 59.7 Å². The molecule has 0 radical (unpaired) electrons. The third kappa shape index (κ3) is 4.67. The summed E-state index contributed by atoms with van der Waals surface area (Å²) in [5.74, 6) is 0.931. The lowest BCUT2D eigenvalue weighted by Gasteiger charge is -2.27. The summed E-state index contributed by atoms with van der Waals surface area (Å²) in [5.41, 5.74) is 2.29. The minimum absolute atomic E-state index is 0.752. The van der Waals surface area contributed by atoms with Crippen LogP contribution in [0.2, 0.25) is 0 Å². The van der Waals surface area contributed by atoms with E-state index >= 15 is 0 Å². The SMILES string of the molecule is COc1ccc(/C=N\N2CCOCC2)cc1CN1CCOCC1. The first kappa shape index (κ1) is 16.2. The average molecular weight is 319 g/mol. The van der Waals surface area contributed by atoms with Gasteiger partial charge in [-0.3, -0.25) is 9.91 Å². The summed E-state index contributed by atoms with van der Waals surface area (Å²) >= 11 is 0. The van der Waals surface area contributed by atoms with Crippen LogP contribution >= 0.6 is 0 Å². The largest absolute Gasteiger partial charge is 0.496 e. The lowest BCUT2D eigenvalue weighted by Crippen LogP contribution is -2.35. The van der Waals surface area contributed by atoms with E-state index in [1.54, 1.807) is 7.11 Å². The van der Waals surface area contributed by atoms with Gasteiger partial charge < -0.3 is 14.2 Å². The van der Waals surface area contributed by atoms with E-state index in [0.717, 1.165) is 70.5 Å². The topological polar surface area (TPSA) is 46.5 Å². The Morgan fingerprint density at radius 1 is 1.09 bits per heavy atom. The molecular weight excluding hydrogens is 294 g/mol. The van der Waals surface area contributed by atoms with E-state index in [4.69, 9.17) is 14.2 Å². The zero-order chi connectivity index (χ0) is 15.9. The maximum atomic E-state index is 5.51. The number of benzene rings is 1. The van der Waals surface area contributed by atoms with Crippen molar-refractivity contribution in [1.29, 1.82) is 0 Å². The van der Waals surface area contributed by atoms with Crippen LogP contribution in [0.1, 0.15) is 11.1 Å². The third-order valence-electron chi connectivity index (χ3n) is 4.16. The molecule has 2 aliphatic heterocycles. The molecule has 0 aromatic heterocycles. The highest BCUT2D eigenvalue weighted by Crippen LogP contribution is 2.21. The van der Waals surface area contributed by atoms with E-state index in [2.05, 4.69) is 21.1 Å². The van der Waals surface area contributed by atoms with Gasteiger partial charge >= 0.3 is 0 Å². The molecule has 2 heterocycles. The Kier molecular flexibility index (Phi) is 5.85. The number of morpholine rings is 2. The van der Waals surface area contributed by atoms with Crippen LogP contribution in [0.3, 0.4) is 0 Å². The highest BCUT2D eigenvalue weighted by Gasteiger charge is 2.14. The molecule has 2 fully saturated rings. The van der Waals surface area contributed by atoms with Crippen LogP contribution < -0.4 is 4.74 Å². The number of hydrogen-bond acceptors (Lipinski definition) is 6. The van der Waals surface area contributed by atoms with Gasteiger partial charge in [0, 0.05) is 25.2 Å². The molecule has 3 rings (SSSR count). The molecule has 6 nitrogen and oxygen atoms in total. The Labute approximate surface area is 137 Å². The van der Waals surface area contributed by atoms with Crippen molar-refractivity contribution in [2.45, 2.75) is 6.54 Å². The van der Waals surface area contributed by atoms with Crippen LogP contribution in [0.4, 0.5) is 0 Å². The number of ether oxygens (including phenoxy) is 3. The minimum atomic E-state index is 0.752. The molecule has 1 aromatic rings. The lowest BCUT2D eigenvalue weighted by atomic mass is 10.1. The van der Waals surface area contributed by atoms with Gasteiger partial charge in [0.05, 0.1) is 52.8 Å². The van der Waals surface area contributed by atoms with Crippen LogP contribution in [-0.2, 0) is 16.0 Å². The third-order valence-corrected chi connectivity index (χ3v) is 4.16. The van der Waals surface area contributed by atoms with Crippen molar-refractivity contribution in [3.05, 3.63) is 29.3 Å². The summed E-state index contributed by atoms with van der Waals surface area (Å²) in [6.45, 7) is 7.64. The predicted molar refractivity (Wildman–Crippen MR) is 89.1 cm³/mol. The molecule has 126 valence electrons. The first-order valence-electron chi connectivity index (χ1n) is 8.19. The molecule has 0 unspecified atom stereocenters. The fourth-order valence-corrected chi connectivity index (χ4v) is 2.82. The highest BCUT2D eigenvalue weighted by molar-refractivity contribution is 5.80. The molecule has 6 heteroatoms. The zero-order valence-corrected chi connectivity index (χ0v) is 13.7. The molecule has 23 heavy (non-hydrogen) atoms. The Balaban J connectivity index is 1.68. The molecule has 0 amide bonds. The predicted octanol–water partition coefficient (Wildman–Crippen LogP) is 1.19. The second-order valence-electron chi connectivity index (χ2n) is 5.77. The quantitative estimate of drug-likeness (QED) is 0.763. The van der Waals surface area contributed by atoms with Crippen molar-refractivity contribution in [3.63, 3.8) is 0 Å². The minimum Gasteiger partial charge on any atom is -0.496 e. The second-order valence-corrected chi connectivity index (χ2v) is 5.77. The van der Waals surface area contributed by atoms with Gasteiger partial charge in [0.2, 0.25) is 0 Å². The van der Waals surface area contributed by atoms with Crippen molar-refractivity contribution in [3.8, 4) is 5.75 Å². The van der Waals surface area contributed by atoms with Crippen molar-refractivity contribution in [1.82, 2.24) is 9.91 Å². The van der Waals surface area contributed by atoms with Gasteiger partial charge in [0.15, 0.2) is 0 Å². The normalized spacial score (nSPS) is 20.1. The van der Waals surface area contributed by atoms with Gasteiger partial charge in [-0.25, -0.2) is 0 Å². The van der Waals surface area contributed by atoms with Gasteiger partial charge in [-0.05, 0) is 23.8 Å². The monoisotopic (exact) mass is 319 g/mol. The van der Waals surface area contributed by atoms with Crippen molar-refractivity contribution in [2.24, 2.45) is 5.10 Å². The summed E-state index contributed by atoms with van der Waals surface area (Å²) in [6, 6.07) is 6.24. The van der Waals surface area contributed by atoms with E-state index < -0.39 is 0 Å². The smallest absolute Gasteiger partial charge is 0.123 e. The Bertz CT molecular complexity index is 524. The fourth-order valence-electron chi connectivity index (χ4n) is 2.82. The molecule has 2 saturated heterocycles. The Morgan fingerprint density at radius 2 is 1.78 bits per heavy atom. The molecule has 0 aliphatic carbocycles. The van der Waals surface area contributed by atoms with E-state index in [9.17, 15) is 0 Å². The van der Waals surface area contributed by atoms with Gasteiger partial charge in [-0.1, -0.05) is 0 Å². The number of hydrogen-bond donors (Lipinski definition) is 0. The van der Waals surface area contributed by atoms with Gasteiger partial charge in [0.25, 0.3) is 0 Å². The highest BCUT2D eigenvalue weighted by atomic mass is 16.5. The van der Waals surface area contributed by atoms with Gasteiger partial charge in [-0.15, -0.1) is 0 Å². The van der Waals surface area contributed by atoms with Gasteiger partial charge in [-0.2, -0.15) is 5.10 Å². The molecule has 0 N–H and O–H groups in total. The molecule has 1 aromatic carbocycles. The molecule has 0 spiro atoms. The lowest BCUT2D eigenvalue weighted by molar-refractivity contribution is 0.0339. The van der Waals surface area contributed by atoms with Crippen molar-refractivity contribution >= 4 is 6.21 Å². The van der Waals surface area contributed by atoms with Crippen LogP contribution in [0.15, 0.2) is 23.3 Å². The van der Waals surface area contributed by atoms with E-state index in [1.807, 2.05) is 18.3 Å². The fraction of sp³-hybridized carbons (Fsp3) is 0.588. The van der Waals surface area contributed by atoms with Crippen molar-refractivity contribution < 1.29 is 14.2 Å². The Hall–Kier alpha value is -1.63. The van der Waals surface area contributed by atoms with Crippen LogP contribution in [0.25, 0.3) is 0 Å². The maximum Gasteiger partial charge on any atom is 0.123 e. The summed E-state index contributed by atoms with van der Waals surface area (Å²) in [4.78, 5) is 2.39. The number of methoxy groups -OCH3 is 1. The van der Waals surface area contributed by atoms with E-state index in [1.165, 1.54) is 5.56 Å². The molecule has 0 bridgehead atoms. The second kappa shape index (κ2) is 8.29. The van der Waals surface area contributed by atoms with Crippen LogP contribution in [0.5, 0.6) is 5.75 Å². The molecule has 0 saturated carbocycles. The van der Waals surface area contributed by atoms with Gasteiger partial charge in [0.1, 0.15) is 5.75 Å². The molecule has 0 atom stereocenters. The summed E-state index contributed by atoms with van der Waals surface area (Å²) < 4.78 is 16.3. The standard InChI is InChI=1S/C17H25N3O3/c1-21-17-3-2-15(13-18-20-6-10-23-11-7-20)12-16(17)14-19-4-8-22-9-5-19/h2-3,12-13H,4-11,14H2,1H3/b18-13-. The first-order valence-corrected chi connectivity index (χ1v) is 8.19. The molecular formula is C17H25N3O3. The maximum absolute atomic E-state index is 5.51. The zero-order valence-electron chi connectivity index (χ0n) is 13.7. The molecule has 2 aliphatic rings. The first-order chi connectivity index (χ1) is 11.3. The summed E-state index contributed by atoms with van der Waals surface area (Å²) in [5, 5.41) is 6.60. The summed E-state index contributed by atoms with van der Waals surface area (Å²) in [6.07, 6.45) is 1.92. The number of hydrazone groups is 1. The Morgan fingerprint density at radius 3 is 2.48 bits per heavy atom. The van der Waals surface area contributed by atoms with E-state index in [-0.39, 0.29) is 0 Å². The van der Waals surface area contributed by atoms with E-state index in [0.29, 0.717) is 0 Å². The number of rotatable bonds is 5. The van der Waals surface area contributed by atoms with Crippen LogP contribution in [0, 0.1) is 0 Å². The van der Waals surface area contributed by atoms with Crippen LogP contribution in [-0.4, -0.2) is 75.8 Å². The summed E-state index contributed by atoms with van der Waals surface area (Å²) in [7, 11) is 1.72.